The molecule has 0 aliphatic rings. The third kappa shape index (κ3) is 3.54. The lowest BCUT2D eigenvalue weighted by Gasteiger charge is -2.07. The predicted molar refractivity (Wildman–Crippen MR) is 85.7 cm³/mol. The van der Waals surface area contributed by atoms with Gasteiger partial charge in [-0.1, -0.05) is 0 Å². The summed E-state index contributed by atoms with van der Waals surface area (Å²) in [7, 11) is 0. The maximum atomic E-state index is 12.2. The number of pyridine rings is 1. The van der Waals surface area contributed by atoms with Gasteiger partial charge in [0.15, 0.2) is 0 Å². The first-order chi connectivity index (χ1) is 11.0. The van der Waals surface area contributed by atoms with Gasteiger partial charge in [-0.15, -0.1) is 11.3 Å². The van der Waals surface area contributed by atoms with Crippen LogP contribution in [0.4, 0.5) is 5.00 Å². The van der Waals surface area contributed by atoms with E-state index in [-0.39, 0.29) is 22.0 Å². The molecule has 0 radical (unpaired) electrons. The van der Waals surface area contributed by atoms with Gasteiger partial charge in [0.05, 0.1) is 17.0 Å². The molecule has 2 aromatic heterocycles. The highest BCUT2D eigenvalue weighted by Crippen LogP contribution is 2.33. The number of primary amides is 1. The Kier molecular flexibility index (Phi) is 5.07. The average Bonchev–Trinajstić information content (AvgIpc) is 2.85. The van der Waals surface area contributed by atoms with E-state index in [2.05, 4.69) is 10.3 Å². The summed E-state index contributed by atoms with van der Waals surface area (Å²) >= 11 is 0.948. The predicted octanol–water partition coefficient (Wildman–Crippen LogP) is 1.98. The number of thiophene rings is 1. The van der Waals surface area contributed by atoms with Crippen LogP contribution in [0.15, 0.2) is 24.5 Å². The SMILES string of the molecule is CCOC(=O)c1c(NC(=O)c2ccncc2)sc(C(N)=O)c1C. The van der Waals surface area contributed by atoms with Gasteiger partial charge in [-0.05, 0) is 31.5 Å². The van der Waals surface area contributed by atoms with Crippen molar-refractivity contribution in [1.82, 2.24) is 4.98 Å². The van der Waals surface area contributed by atoms with Crippen molar-refractivity contribution in [3.63, 3.8) is 0 Å². The number of aromatic nitrogens is 1. The van der Waals surface area contributed by atoms with Crippen LogP contribution in [0.2, 0.25) is 0 Å². The number of carbonyl (C=O) groups is 3. The van der Waals surface area contributed by atoms with Crippen LogP contribution in [0.25, 0.3) is 0 Å². The van der Waals surface area contributed by atoms with Crippen molar-refractivity contribution in [1.29, 1.82) is 0 Å². The number of esters is 1. The molecule has 0 spiro atoms. The van der Waals surface area contributed by atoms with Crippen molar-refractivity contribution >= 4 is 34.1 Å². The van der Waals surface area contributed by atoms with Crippen molar-refractivity contribution < 1.29 is 19.1 Å². The van der Waals surface area contributed by atoms with E-state index >= 15 is 0 Å². The average molecular weight is 333 g/mol. The molecule has 0 saturated carbocycles. The Bertz CT molecular complexity index is 756. The second-order valence-corrected chi connectivity index (χ2v) is 5.56. The molecule has 0 aromatic carbocycles. The largest absolute Gasteiger partial charge is 0.462 e. The van der Waals surface area contributed by atoms with Crippen molar-refractivity contribution in [2.75, 3.05) is 11.9 Å². The molecule has 0 atom stereocenters. The van der Waals surface area contributed by atoms with Gasteiger partial charge in [-0.2, -0.15) is 0 Å². The summed E-state index contributed by atoms with van der Waals surface area (Å²) in [5, 5.41) is 2.86. The molecule has 8 heteroatoms. The molecule has 2 rings (SSSR count). The van der Waals surface area contributed by atoms with Gasteiger partial charge in [0.2, 0.25) is 0 Å². The molecule has 7 nitrogen and oxygen atoms in total. The summed E-state index contributed by atoms with van der Waals surface area (Å²) in [6.45, 7) is 3.44. The Morgan fingerprint density at radius 2 is 1.96 bits per heavy atom. The second kappa shape index (κ2) is 7.01. The smallest absolute Gasteiger partial charge is 0.341 e. The highest BCUT2D eigenvalue weighted by Gasteiger charge is 2.25. The van der Waals surface area contributed by atoms with E-state index in [1.807, 2.05) is 0 Å². The molecular weight excluding hydrogens is 318 g/mol. The number of rotatable bonds is 5. The van der Waals surface area contributed by atoms with Crippen LogP contribution in [0, 0.1) is 6.92 Å². The molecule has 2 aromatic rings. The highest BCUT2D eigenvalue weighted by molar-refractivity contribution is 7.18. The number of nitrogens with zero attached hydrogens (tertiary/aromatic N) is 1. The fourth-order valence-corrected chi connectivity index (χ4v) is 3.01. The highest BCUT2D eigenvalue weighted by atomic mass is 32.1. The lowest BCUT2D eigenvalue weighted by molar-refractivity contribution is 0.0527. The Morgan fingerprint density at radius 1 is 1.30 bits per heavy atom. The first kappa shape index (κ1) is 16.6. The summed E-state index contributed by atoms with van der Waals surface area (Å²) in [6.07, 6.45) is 2.96. The summed E-state index contributed by atoms with van der Waals surface area (Å²) in [4.78, 5) is 39.9. The molecule has 0 aliphatic carbocycles. The van der Waals surface area contributed by atoms with Gasteiger partial charge in [0.25, 0.3) is 11.8 Å². The minimum atomic E-state index is -0.664. The maximum absolute atomic E-state index is 12.2. The minimum absolute atomic E-state index is 0.146. The fourth-order valence-electron chi connectivity index (χ4n) is 1.96. The number of nitrogens with two attached hydrogens (primary N) is 1. The van der Waals surface area contributed by atoms with Gasteiger partial charge in [-0.25, -0.2) is 4.79 Å². The molecule has 0 bridgehead atoms. The van der Waals surface area contributed by atoms with Crippen LogP contribution in [0.3, 0.4) is 0 Å². The number of amides is 2. The van der Waals surface area contributed by atoms with Crippen LogP contribution >= 0.6 is 11.3 Å². The van der Waals surface area contributed by atoms with Crippen molar-refractivity contribution in [3.05, 3.63) is 46.1 Å². The molecule has 0 aliphatic heterocycles. The van der Waals surface area contributed by atoms with Crippen LogP contribution in [0.5, 0.6) is 0 Å². The molecule has 2 heterocycles. The molecule has 23 heavy (non-hydrogen) atoms. The van der Waals surface area contributed by atoms with Crippen molar-refractivity contribution in [2.45, 2.75) is 13.8 Å². The minimum Gasteiger partial charge on any atom is -0.462 e. The third-order valence-corrected chi connectivity index (χ3v) is 4.24. The van der Waals surface area contributed by atoms with E-state index in [9.17, 15) is 14.4 Å². The molecular formula is C15H15N3O4S. The summed E-state index contributed by atoms with van der Waals surface area (Å²) in [5.74, 6) is -1.70. The molecule has 3 N–H and O–H groups in total. The number of carbonyl (C=O) groups excluding carboxylic acids is 3. The normalized spacial score (nSPS) is 10.2. The van der Waals surface area contributed by atoms with Gasteiger partial charge < -0.3 is 15.8 Å². The summed E-state index contributed by atoms with van der Waals surface area (Å²) < 4.78 is 4.98. The zero-order valence-corrected chi connectivity index (χ0v) is 13.4. The fraction of sp³-hybridized carbons (Fsp3) is 0.200. The Hall–Kier alpha value is -2.74. The number of hydrogen-bond donors (Lipinski definition) is 2. The number of ether oxygens (including phenoxy) is 1. The van der Waals surface area contributed by atoms with E-state index in [1.54, 1.807) is 13.8 Å². The Balaban J connectivity index is 2.40. The lowest BCUT2D eigenvalue weighted by Crippen LogP contribution is -2.15. The van der Waals surface area contributed by atoms with E-state index in [0.717, 1.165) is 11.3 Å². The van der Waals surface area contributed by atoms with Gasteiger partial charge in [-0.3, -0.25) is 14.6 Å². The molecule has 0 fully saturated rings. The van der Waals surface area contributed by atoms with Gasteiger partial charge in [0.1, 0.15) is 5.00 Å². The quantitative estimate of drug-likeness (QED) is 0.813. The summed E-state index contributed by atoms with van der Waals surface area (Å²) in [6, 6.07) is 3.07. The monoisotopic (exact) mass is 333 g/mol. The number of hydrogen-bond acceptors (Lipinski definition) is 6. The van der Waals surface area contributed by atoms with Crippen molar-refractivity contribution in [3.8, 4) is 0 Å². The molecule has 0 unspecified atom stereocenters. The maximum Gasteiger partial charge on any atom is 0.341 e. The first-order valence-electron chi connectivity index (χ1n) is 6.77. The summed E-state index contributed by atoms with van der Waals surface area (Å²) in [5.41, 5.74) is 6.23. The van der Waals surface area contributed by atoms with E-state index in [1.165, 1.54) is 24.5 Å². The zero-order valence-electron chi connectivity index (χ0n) is 12.6. The number of anilines is 1. The van der Waals surface area contributed by atoms with Crippen LogP contribution in [-0.2, 0) is 4.74 Å². The molecule has 120 valence electrons. The van der Waals surface area contributed by atoms with Crippen LogP contribution < -0.4 is 11.1 Å². The van der Waals surface area contributed by atoms with Gasteiger partial charge in [0, 0.05) is 18.0 Å². The third-order valence-electron chi connectivity index (χ3n) is 3.02. The Labute approximate surface area is 136 Å². The van der Waals surface area contributed by atoms with Crippen molar-refractivity contribution in [2.24, 2.45) is 5.73 Å². The van der Waals surface area contributed by atoms with Gasteiger partial charge >= 0.3 is 5.97 Å². The van der Waals surface area contributed by atoms with Crippen LogP contribution in [-0.4, -0.2) is 29.4 Å². The van der Waals surface area contributed by atoms with Crippen LogP contribution in [0.1, 0.15) is 42.9 Å². The van der Waals surface area contributed by atoms with E-state index < -0.39 is 17.8 Å². The number of nitrogens with one attached hydrogen (secondary N) is 1. The topological polar surface area (TPSA) is 111 Å². The van der Waals surface area contributed by atoms with E-state index in [4.69, 9.17) is 10.5 Å². The van der Waals surface area contributed by atoms with E-state index in [0.29, 0.717) is 11.1 Å². The molecule has 0 saturated heterocycles. The first-order valence-corrected chi connectivity index (χ1v) is 7.59. The Morgan fingerprint density at radius 3 is 2.52 bits per heavy atom. The molecule has 2 amide bonds. The second-order valence-electron chi connectivity index (χ2n) is 4.54. The lowest BCUT2D eigenvalue weighted by atomic mass is 10.1. The standard InChI is InChI=1S/C15H15N3O4S/c1-3-22-15(21)10-8(2)11(12(16)19)23-14(10)18-13(20)9-4-6-17-7-5-9/h4-7H,3H2,1-2H3,(H2,16,19)(H,18,20). The zero-order chi connectivity index (χ0) is 17.0.